The minimum Gasteiger partial charge on any atom is -0.223 e. The summed E-state index contributed by atoms with van der Waals surface area (Å²) in [5.74, 6) is 0.0933. The highest BCUT2D eigenvalue weighted by Gasteiger charge is 2.11. The normalized spacial score (nSPS) is 12.1. The fraction of sp³-hybridized carbons (Fsp3) is 0.385. The molecule has 0 saturated carbocycles. The molecule has 1 aromatic carbocycles. The van der Waals surface area contributed by atoms with E-state index in [-0.39, 0.29) is 5.75 Å². The van der Waals surface area contributed by atoms with Crippen LogP contribution < -0.4 is 0 Å². The van der Waals surface area contributed by atoms with Crippen LogP contribution in [0, 0.1) is 6.92 Å². The molecule has 0 fully saturated rings. The molecule has 0 atom stereocenters. The Morgan fingerprint density at radius 1 is 1.12 bits per heavy atom. The van der Waals surface area contributed by atoms with Crippen molar-refractivity contribution in [2.24, 2.45) is 0 Å². The van der Waals surface area contributed by atoms with Crippen LogP contribution in [0.5, 0.6) is 0 Å². The summed E-state index contributed by atoms with van der Waals surface area (Å²) < 4.78 is 23.7. The van der Waals surface area contributed by atoms with Gasteiger partial charge in [0.25, 0.3) is 0 Å². The molecule has 16 heavy (non-hydrogen) atoms. The summed E-state index contributed by atoms with van der Waals surface area (Å²) in [6.07, 6.45) is 5.63. The van der Waals surface area contributed by atoms with Crippen LogP contribution in [0.25, 0.3) is 0 Å². The third-order valence-electron chi connectivity index (χ3n) is 2.32. The molecule has 0 spiro atoms. The molecular formula is C13H18O2S. The Balaban J connectivity index is 2.74. The zero-order valence-corrected chi connectivity index (χ0v) is 10.6. The van der Waals surface area contributed by atoms with Gasteiger partial charge in [-0.1, -0.05) is 43.2 Å². The summed E-state index contributed by atoms with van der Waals surface area (Å²) in [4.78, 5) is 0.402. The van der Waals surface area contributed by atoms with Gasteiger partial charge >= 0.3 is 0 Å². The molecule has 0 aliphatic rings. The number of rotatable bonds is 5. The fourth-order valence-electron chi connectivity index (χ4n) is 1.32. The van der Waals surface area contributed by atoms with Crippen LogP contribution in [0.1, 0.15) is 25.3 Å². The highest BCUT2D eigenvalue weighted by molar-refractivity contribution is 7.91. The summed E-state index contributed by atoms with van der Waals surface area (Å²) in [5.41, 5.74) is 1.07. The molecule has 0 unspecified atom stereocenters. The van der Waals surface area contributed by atoms with Crippen LogP contribution in [0.4, 0.5) is 0 Å². The van der Waals surface area contributed by atoms with Crippen LogP contribution in [-0.2, 0) is 9.84 Å². The Labute approximate surface area is 97.9 Å². The van der Waals surface area contributed by atoms with Gasteiger partial charge in [-0.15, -0.1) is 0 Å². The molecule has 88 valence electrons. The van der Waals surface area contributed by atoms with E-state index in [4.69, 9.17) is 0 Å². The molecule has 1 aromatic rings. The van der Waals surface area contributed by atoms with Gasteiger partial charge < -0.3 is 0 Å². The average Bonchev–Trinajstić information content (AvgIpc) is 2.25. The summed E-state index contributed by atoms with van der Waals surface area (Å²) in [6, 6.07) is 6.97. The Bertz CT molecular complexity index is 441. The van der Waals surface area contributed by atoms with E-state index in [1.165, 1.54) is 0 Å². The number of hydrogen-bond donors (Lipinski definition) is 0. The minimum absolute atomic E-state index is 0.0933. The number of benzene rings is 1. The highest BCUT2D eigenvalue weighted by atomic mass is 32.2. The van der Waals surface area contributed by atoms with E-state index in [1.54, 1.807) is 18.2 Å². The van der Waals surface area contributed by atoms with Crippen molar-refractivity contribution in [3.63, 3.8) is 0 Å². The van der Waals surface area contributed by atoms with Crippen LogP contribution in [0.3, 0.4) is 0 Å². The smallest absolute Gasteiger partial charge is 0.181 e. The molecule has 3 heteroatoms. The SMILES string of the molecule is CCC/C=C\CS(=O)(=O)c1ccc(C)cc1. The second-order valence-electron chi connectivity index (χ2n) is 3.85. The first kappa shape index (κ1) is 13.0. The monoisotopic (exact) mass is 238 g/mol. The van der Waals surface area contributed by atoms with Gasteiger partial charge in [-0.25, -0.2) is 8.42 Å². The number of allylic oxidation sites excluding steroid dienone is 1. The first-order valence-electron chi connectivity index (χ1n) is 5.50. The van der Waals surface area contributed by atoms with E-state index in [0.29, 0.717) is 4.90 Å². The Morgan fingerprint density at radius 2 is 1.75 bits per heavy atom. The molecule has 0 N–H and O–H groups in total. The zero-order valence-electron chi connectivity index (χ0n) is 9.81. The van der Waals surface area contributed by atoms with Gasteiger partial charge in [0.2, 0.25) is 0 Å². The molecule has 0 amide bonds. The lowest BCUT2D eigenvalue weighted by Crippen LogP contribution is -2.04. The molecule has 2 nitrogen and oxygen atoms in total. The average molecular weight is 238 g/mol. The van der Waals surface area contributed by atoms with E-state index in [1.807, 2.05) is 25.1 Å². The Morgan fingerprint density at radius 3 is 2.31 bits per heavy atom. The van der Waals surface area contributed by atoms with Gasteiger partial charge in [0.15, 0.2) is 9.84 Å². The van der Waals surface area contributed by atoms with Crippen LogP contribution in [0.15, 0.2) is 41.3 Å². The number of hydrogen-bond acceptors (Lipinski definition) is 2. The maximum absolute atomic E-state index is 11.9. The third kappa shape index (κ3) is 3.81. The molecule has 0 aromatic heterocycles. The van der Waals surface area contributed by atoms with Crippen molar-refractivity contribution >= 4 is 9.84 Å². The van der Waals surface area contributed by atoms with Crippen LogP contribution >= 0.6 is 0 Å². The topological polar surface area (TPSA) is 34.1 Å². The first-order chi connectivity index (χ1) is 7.56. The number of aryl methyl sites for hydroxylation is 1. The van der Waals surface area contributed by atoms with Gasteiger partial charge in [0.1, 0.15) is 0 Å². The molecule has 0 aliphatic heterocycles. The maximum atomic E-state index is 11.9. The second kappa shape index (κ2) is 5.85. The molecule has 0 bridgehead atoms. The highest BCUT2D eigenvalue weighted by Crippen LogP contribution is 2.12. The summed E-state index contributed by atoms with van der Waals surface area (Å²) in [5, 5.41) is 0. The van der Waals surface area contributed by atoms with Crippen molar-refractivity contribution < 1.29 is 8.42 Å². The number of sulfone groups is 1. The van der Waals surface area contributed by atoms with Gasteiger partial charge in [0, 0.05) is 0 Å². The van der Waals surface area contributed by atoms with Gasteiger partial charge in [-0.05, 0) is 25.5 Å². The van der Waals surface area contributed by atoms with E-state index in [9.17, 15) is 8.42 Å². The van der Waals surface area contributed by atoms with Crippen molar-refractivity contribution in [3.8, 4) is 0 Å². The van der Waals surface area contributed by atoms with Crippen molar-refractivity contribution in [2.75, 3.05) is 5.75 Å². The lowest BCUT2D eigenvalue weighted by atomic mass is 10.2. The van der Waals surface area contributed by atoms with Crippen molar-refractivity contribution in [3.05, 3.63) is 42.0 Å². The molecular weight excluding hydrogens is 220 g/mol. The van der Waals surface area contributed by atoms with Crippen molar-refractivity contribution in [1.29, 1.82) is 0 Å². The van der Waals surface area contributed by atoms with Crippen molar-refractivity contribution in [1.82, 2.24) is 0 Å². The molecule has 0 radical (unpaired) electrons. The van der Waals surface area contributed by atoms with E-state index < -0.39 is 9.84 Å². The Kier molecular flexibility index (Phi) is 4.74. The van der Waals surface area contributed by atoms with Crippen molar-refractivity contribution in [2.45, 2.75) is 31.6 Å². The Hall–Kier alpha value is -1.09. The lowest BCUT2D eigenvalue weighted by Gasteiger charge is -2.01. The maximum Gasteiger partial charge on any atom is 0.181 e. The molecule has 0 heterocycles. The van der Waals surface area contributed by atoms with Gasteiger partial charge in [0.05, 0.1) is 10.6 Å². The lowest BCUT2D eigenvalue weighted by molar-refractivity contribution is 0.599. The molecule has 0 aliphatic carbocycles. The predicted molar refractivity (Wildman–Crippen MR) is 67.3 cm³/mol. The van der Waals surface area contributed by atoms with Crippen LogP contribution in [0.2, 0.25) is 0 Å². The fourth-order valence-corrected chi connectivity index (χ4v) is 2.45. The second-order valence-corrected chi connectivity index (χ2v) is 5.89. The third-order valence-corrected chi connectivity index (χ3v) is 3.94. The largest absolute Gasteiger partial charge is 0.223 e. The van der Waals surface area contributed by atoms with Crippen LogP contribution in [-0.4, -0.2) is 14.2 Å². The van der Waals surface area contributed by atoms with E-state index in [2.05, 4.69) is 6.92 Å². The quantitative estimate of drug-likeness (QED) is 0.739. The zero-order chi connectivity index (χ0) is 12.0. The predicted octanol–water partition coefficient (Wildman–Crippen LogP) is 3.13. The van der Waals surface area contributed by atoms with E-state index >= 15 is 0 Å². The first-order valence-corrected chi connectivity index (χ1v) is 7.16. The summed E-state index contributed by atoms with van der Waals surface area (Å²) in [6.45, 7) is 4.01. The molecule has 0 saturated heterocycles. The van der Waals surface area contributed by atoms with Gasteiger partial charge in [-0.3, -0.25) is 0 Å². The van der Waals surface area contributed by atoms with E-state index in [0.717, 1.165) is 18.4 Å². The van der Waals surface area contributed by atoms with Gasteiger partial charge in [-0.2, -0.15) is 0 Å². The standard InChI is InChI=1S/C13H18O2S/c1-3-4-5-6-11-16(14,15)13-9-7-12(2)8-10-13/h5-10H,3-4,11H2,1-2H3/b6-5-. The summed E-state index contributed by atoms with van der Waals surface area (Å²) >= 11 is 0. The summed E-state index contributed by atoms with van der Waals surface area (Å²) in [7, 11) is -3.14. The minimum atomic E-state index is -3.14. The molecule has 1 rings (SSSR count). The number of unbranched alkanes of at least 4 members (excludes halogenated alkanes) is 1.